The summed E-state index contributed by atoms with van der Waals surface area (Å²) in [5.74, 6) is -0.997. The van der Waals surface area contributed by atoms with Crippen LogP contribution in [0.3, 0.4) is 0 Å². The van der Waals surface area contributed by atoms with Crippen LogP contribution in [0.1, 0.15) is 24.8 Å². The van der Waals surface area contributed by atoms with Gasteiger partial charge in [0.1, 0.15) is 11.6 Å². The number of piperidine rings is 1. The van der Waals surface area contributed by atoms with E-state index >= 15 is 0 Å². The molecule has 0 saturated carbocycles. The average Bonchev–Trinajstić information content (AvgIpc) is 2.34. The zero-order chi connectivity index (χ0) is 13.0. The molecule has 1 heterocycles. The zero-order valence-electron chi connectivity index (χ0n) is 10.8. The molecule has 0 aliphatic carbocycles. The maximum absolute atomic E-state index is 13.4. The van der Waals surface area contributed by atoms with E-state index in [0.29, 0.717) is 18.2 Å². The molecule has 1 unspecified atom stereocenters. The molecule has 1 aliphatic heterocycles. The average molecular weight is 254 g/mol. The van der Waals surface area contributed by atoms with Gasteiger partial charge in [0.05, 0.1) is 0 Å². The second-order valence-electron chi connectivity index (χ2n) is 5.00. The van der Waals surface area contributed by atoms with E-state index in [1.165, 1.54) is 31.4 Å². The molecule has 18 heavy (non-hydrogen) atoms. The molecular formula is C14H20F2N2. The Bertz CT molecular complexity index is 395. The lowest BCUT2D eigenvalue weighted by Crippen LogP contribution is -2.42. The molecule has 0 bridgehead atoms. The summed E-state index contributed by atoms with van der Waals surface area (Å²) in [6, 6.07) is 4.26. The Morgan fingerprint density at radius 1 is 1.33 bits per heavy atom. The van der Waals surface area contributed by atoms with Gasteiger partial charge in [0.2, 0.25) is 0 Å². The van der Waals surface area contributed by atoms with Crippen molar-refractivity contribution in [2.24, 2.45) is 0 Å². The maximum atomic E-state index is 13.4. The van der Waals surface area contributed by atoms with Crippen molar-refractivity contribution in [1.29, 1.82) is 0 Å². The summed E-state index contributed by atoms with van der Waals surface area (Å²) in [6.45, 7) is 2.45. The third-order valence-electron chi connectivity index (χ3n) is 3.63. The first-order valence-corrected chi connectivity index (χ1v) is 6.51. The number of nitrogens with zero attached hydrogens (tertiary/aromatic N) is 1. The summed E-state index contributed by atoms with van der Waals surface area (Å²) in [6.07, 6.45) is 3.72. The molecule has 0 aromatic heterocycles. The van der Waals surface area contributed by atoms with Gasteiger partial charge in [0.15, 0.2) is 0 Å². The van der Waals surface area contributed by atoms with Gasteiger partial charge in [-0.15, -0.1) is 0 Å². The van der Waals surface area contributed by atoms with E-state index in [-0.39, 0.29) is 0 Å². The Labute approximate surface area is 107 Å². The predicted octanol–water partition coefficient (Wildman–Crippen LogP) is 2.54. The van der Waals surface area contributed by atoms with Crippen molar-refractivity contribution < 1.29 is 8.78 Å². The lowest BCUT2D eigenvalue weighted by molar-refractivity contribution is 0.181. The summed E-state index contributed by atoms with van der Waals surface area (Å²) >= 11 is 0. The van der Waals surface area contributed by atoms with Crippen LogP contribution >= 0.6 is 0 Å². The van der Waals surface area contributed by atoms with Gasteiger partial charge in [-0.2, -0.15) is 0 Å². The van der Waals surface area contributed by atoms with Gasteiger partial charge in [-0.25, -0.2) is 8.78 Å². The van der Waals surface area contributed by atoms with E-state index in [1.54, 1.807) is 0 Å². The van der Waals surface area contributed by atoms with Crippen LogP contribution < -0.4 is 5.32 Å². The molecule has 4 heteroatoms. The van der Waals surface area contributed by atoms with Crippen molar-refractivity contribution in [1.82, 2.24) is 10.2 Å². The summed E-state index contributed by atoms with van der Waals surface area (Å²) in [5, 5.41) is 3.26. The molecular weight excluding hydrogens is 234 g/mol. The van der Waals surface area contributed by atoms with E-state index < -0.39 is 11.6 Å². The Balaban J connectivity index is 1.81. The molecule has 1 saturated heterocycles. The van der Waals surface area contributed by atoms with Crippen molar-refractivity contribution in [3.05, 3.63) is 35.4 Å². The van der Waals surface area contributed by atoms with Crippen molar-refractivity contribution in [3.63, 3.8) is 0 Å². The van der Waals surface area contributed by atoms with E-state index in [0.717, 1.165) is 19.2 Å². The topological polar surface area (TPSA) is 15.3 Å². The standard InChI is InChI=1S/C14H20F2N2/c1-18-7-3-2-4-13(18)10-17-9-11-5-6-12(15)8-14(11)16/h5-6,8,13,17H,2-4,7,9-10H2,1H3. The Morgan fingerprint density at radius 2 is 2.17 bits per heavy atom. The maximum Gasteiger partial charge on any atom is 0.130 e. The molecule has 0 spiro atoms. The summed E-state index contributed by atoms with van der Waals surface area (Å²) in [7, 11) is 2.13. The number of nitrogens with one attached hydrogen (secondary N) is 1. The van der Waals surface area contributed by atoms with E-state index in [4.69, 9.17) is 0 Å². The normalized spacial score (nSPS) is 21.2. The molecule has 1 atom stereocenters. The van der Waals surface area contributed by atoms with Gasteiger partial charge >= 0.3 is 0 Å². The minimum Gasteiger partial charge on any atom is -0.311 e. The van der Waals surface area contributed by atoms with E-state index in [1.807, 2.05) is 0 Å². The number of likely N-dealkylation sites (N-methyl/N-ethyl adjacent to an activating group) is 1. The SMILES string of the molecule is CN1CCCCC1CNCc1ccc(F)cc1F. The smallest absolute Gasteiger partial charge is 0.130 e. The fraction of sp³-hybridized carbons (Fsp3) is 0.571. The molecule has 1 N–H and O–H groups in total. The predicted molar refractivity (Wildman–Crippen MR) is 68.3 cm³/mol. The fourth-order valence-electron chi connectivity index (χ4n) is 2.44. The van der Waals surface area contributed by atoms with E-state index in [9.17, 15) is 8.78 Å². The minimum atomic E-state index is -0.525. The molecule has 1 fully saturated rings. The molecule has 0 radical (unpaired) electrons. The number of likely N-dealkylation sites (tertiary alicyclic amines) is 1. The highest BCUT2D eigenvalue weighted by Crippen LogP contribution is 2.14. The van der Waals surface area contributed by atoms with Crippen molar-refractivity contribution in [3.8, 4) is 0 Å². The number of hydrogen-bond acceptors (Lipinski definition) is 2. The number of hydrogen-bond donors (Lipinski definition) is 1. The Hall–Kier alpha value is -1.00. The van der Waals surface area contributed by atoms with Crippen molar-refractivity contribution in [2.75, 3.05) is 20.1 Å². The van der Waals surface area contributed by atoms with Crippen LogP contribution in [0, 0.1) is 11.6 Å². The van der Waals surface area contributed by atoms with Gasteiger partial charge < -0.3 is 10.2 Å². The lowest BCUT2D eigenvalue weighted by Gasteiger charge is -2.32. The highest BCUT2D eigenvalue weighted by Gasteiger charge is 2.18. The lowest BCUT2D eigenvalue weighted by atomic mass is 10.0. The largest absolute Gasteiger partial charge is 0.311 e. The number of halogens is 2. The second-order valence-corrected chi connectivity index (χ2v) is 5.00. The van der Waals surface area contributed by atoms with Crippen LogP contribution in [0.4, 0.5) is 8.78 Å². The first-order chi connectivity index (χ1) is 8.66. The van der Waals surface area contributed by atoms with Gasteiger partial charge in [0.25, 0.3) is 0 Å². The molecule has 1 aromatic carbocycles. The van der Waals surface area contributed by atoms with Crippen LogP contribution in [0.5, 0.6) is 0 Å². The molecule has 100 valence electrons. The Kier molecular flexibility index (Phi) is 4.66. The van der Waals surface area contributed by atoms with Crippen molar-refractivity contribution >= 4 is 0 Å². The summed E-state index contributed by atoms with van der Waals surface area (Å²) < 4.78 is 26.1. The van der Waals surface area contributed by atoms with Crippen LogP contribution in [0.2, 0.25) is 0 Å². The van der Waals surface area contributed by atoms with Gasteiger partial charge in [-0.3, -0.25) is 0 Å². The van der Waals surface area contributed by atoms with Crippen molar-refractivity contribution in [2.45, 2.75) is 31.8 Å². The fourth-order valence-corrected chi connectivity index (χ4v) is 2.44. The molecule has 0 amide bonds. The van der Waals surface area contributed by atoms with Gasteiger partial charge in [-0.1, -0.05) is 12.5 Å². The van der Waals surface area contributed by atoms with Crippen LogP contribution in [-0.2, 0) is 6.54 Å². The minimum absolute atomic E-state index is 0.455. The van der Waals surface area contributed by atoms with Gasteiger partial charge in [0, 0.05) is 30.8 Å². The summed E-state index contributed by atoms with van der Waals surface area (Å²) in [5.41, 5.74) is 0.523. The first kappa shape index (κ1) is 13.4. The summed E-state index contributed by atoms with van der Waals surface area (Å²) in [4.78, 5) is 2.34. The third kappa shape index (κ3) is 3.50. The Morgan fingerprint density at radius 3 is 2.89 bits per heavy atom. The van der Waals surface area contributed by atoms with Crippen LogP contribution in [-0.4, -0.2) is 31.1 Å². The second kappa shape index (κ2) is 6.25. The molecule has 2 nitrogen and oxygen atoms in total. The molecule has 1 aliphatic rings. The highest BCUT2D eigenvalue weighted by atomic mass is 19.1. The zero-order valence-corrected chi connectivity index (χ0v) is 10.8. The number of rotatable bonds is 4. The van der Waals surface area contributed by atoms with Crippen LogP contribution in [0.25, 0.3) is 0 Å². The monoisotopic (exact) mass is 254 g/mol. The third-order valence-corrected chi connectivity index (χ3v) is 3.63. The highest BCUT2D eigenvalue weighted by molar-refractivity contribution is 5.18. The van der Waals surface area contributed by atoms with E-state index in [2.05, 4.69) is 17.3 Å². The van der Waals surface area contributed by atoms with Gasteiger partial charge in [-0.05, 0) is 32.5 Å². The first-order valence-electron chi connectivity index (χ1n) is 6.51. The van der Waals surface area contributed by atoms with Crippen LogP contribution in [0.15, 0.2) is 18.2 Å². The number of benzene rings is 1. The molecule has 2 rings (SSSR count). The molecule has 1 aromatic rings. The quantitative estimate of drug-likeness (QED) is 0.888.